The van der Waals surface area contributed by atoms with Crippen molar-refractivity contribution in [3.05, 3.63) is 72.9 Å². The Labute approximate surface area is 539 Å². The van der Waals surface area contributed by atoms with Crippen LogP contribution in [0.1, 0.15) is 288 Å². The maximum atomic E-state index is 10.3. The van der Waals surface area contributed by atoms with E-state index in [2.05, 4.69) is 50.7 Å². The molecule has 0 aliphatic carbocycles. The van der Waals surface area contributed by atoms with Crippen molar-refractivity contribution in [2.45, 2.75) is 289 Å². The van der Waals surface area contributed by atoms with Gasteiger partial charge in [0.15, 0.2) is 0 Å². The fourth-order valence-corrected chi connectivity index (χ4v) is 8.44. The Bertz CT molecular complexity index is 1870. The van der Waals surface area contributed by atoms with Crippen molar-refractivity contribution in [3.63, 3.8) is 0 Å². The van der Waals surface area contributed by atoms with Crippen LogP contribution in [0, 0.1) is 0 Å². The Morgan fingerprint density at radius 3 is 0.648 bits per heavy atom. The van der Waals surface area contributed by atoms with Gasteiger partial charge < -0.3 is 89.7 Å². The molecular weight excluding hydrogens is 1210 g/mol. The molecular formula is C66H108MoN6O15-6. The SMILES string of the molecule is CCCCCCCCCCCCCCC(O)C(=O)[O-].CCCCCCCCCCCCCCC(O)C(=O)[O-].CCCCCCCCCCCCCCC(O)C(=O)[O-].O=C([O-])C=Cc1cnc[nH]1.O=C([O-])C=Cc1cnc[nH]1.O=C([O-])C=Cc1cnc[nH]1.[Mo]. The van der Waals surface area contributed by atoms with E-state index in [1.165, 1.54) is 229 Å². The van der Waals surface area contributed by atoms with E-state index in [0.29, 0.717) is 36.3 Å². The molecule has 3 rings (SSSR count). The van der Waals surface area contributed by atoms with E-state index in [-0.39, 0.29) is 21.1 Å². The molecule has 0 saturated carbocycles. The number of carboxylic acid groups (broad SMARTS) is 6. The summed E-state index contributed by atoms with van der Waals surface area (Å²) in [6, 6.07) is 0. The van der Waals surface area contributed by atoms with Gasteiger partial charge in [0.1, 0.15) is 0 Å². The van der Waals surface area contributed by atoms with Crippen LogP contribution in [0.5, 0.6) is 0 Å². The molecule has 3 heterocycles. The first-order valence-corrected chi connectivity index (χ1v) is 32.2. The molecule has 0 aliphatic rings. The summed E-state index contributed by atoms with van der Waals surface area (Å²) in [7, 11) is 0. The van der Waals surface area contributed by atoms with Crippen LogP contribution in [0.25, 0.3) is 18.2 Å². The maximum absolute atomic E-state index is 10.3. The number of hydrogen-bond acceptors (Lipinski definition) is 18. The molecule has 3 atom stereocenters. The number of imidazole rings is 3. The molecule has 0 bridgehead atoms. The average molecular weight is 1320 g/mol. The summed E-state index contributed by atoms with van der Waals surface area (Å²) in [5.74, 6) is -7.67. The summed E-state index contributed by atoms with van der Waals surface area (Å²) in [6.45, 7) is 6.73. The van der Waals surface area contributed by atoms with Crippen LogP contribution in [0.3, 0.4) is 0 Å². The number of H-pyrrole nitrogens is 3. The van der Waals surface area contributed by atoms with Crippen molar-refractivity contribution < 1.29 is 95.8 Å². The smallest absolute Gasteiger partial charge is 0.0933 e. The first kappa shape index (κ1) is 88.7. The maximum Gasteiger partial charge on any atom is 0.0933 e. The van der Waals surface area contributed by atoms with E-state index in [4.69, 9.17) is 15.3 Å². The molecule has 21 nitrogen and oxygen atoms in total. The minimum absolute atomic E-state index is 0. The predicted octanol–water partition coefficient (Wildman–Crippen LogP) is 7.08. The van der Waals surface area contributed by atoms with E-state index in [1.54, 1.807) is 0 Å². The molecule has 88 heavy (non-hydrogen) atoms. The number of aromatic amines is 3. The summed E-state index contributed by atoms with van der Waals surface area (Å²) in [4.78, 5) is 79.5. The molecule has 0 radical (unpaired) electrons. The topological polar surface area (TPSA) is 388 Å². The summed E-state index contributed by atoms with van der Waals surface area (Å²) >= 11 is 0. The van der Waals surface area contributed by atoms with Crippen LogP contribution >= 0.6 is 0 Å². The normalized spacial score (nSPS) is 11.7. The van der Waals surface area contributed by atoms with E-state index < -0.39 is 54.1 Å². The number of aliphatic hydroxyl groups is 3. The third-order valence-electron chi connectivity index (χ3n) is 13.6. The molecule has 3 aromatic rings. The number of nitrogens with one attached hydrogen (secondary N) is 3. The molecule has 0 aromatic carbocycles. The van der Waals surface area contributed by atoms with Gasteiger partial charge in [0.2, 0.25) is 0 Å². The number of aliphatic hydroxyl groups excluding tert-OH is 3. The Balaban J connectivity index is -0.000000490. The van der Waals surface area contributed by atoms with Crippen molar-refractivity contribution in [2.75, 3.05) is 0 Å². The van der Waals surface area contributed by atoms with Crippen molar-refractivity contribution in [3.8, 4) is 0 Å². The third-order valence-corrected chi connectivity index (χ3v) is 13.6. The zero-order valence-corrected chi connectivity index (χ0v) is 55.2. The van der Waals surface area contributed by atoms with Crippen LogP contribution in [-0.2, 0) is 49.8 Å². The molecule has 0 fully saturated rings. The quantitative estimate of drug-likeness (QED) is 0.0187. The van der Waals surface area contributed by atoms with Gasteiger partial charge in [-0.15, -0.1) is 0 Å². The van der Waals surface area contributed by atoms with Gasteiger partial charge >= 0.3 is 0 Å². The molecule has 504 valence electrons. The second kappa shape index (κ2) is 68.7. The number of aliphatic carboxylic acids is 6. The van der Waals surface area contributed by atoms with Gasteiger partial charge in [-0.25, -0.2) is 15.0 Å². The third kappa shape index (κ3) is 71.0. The van der Waals surface area contributed by atoms with E-state index in [9.17, 15) is 59.4 Å². The van der Waals surface area contributed by atoms with E-state index in [1.807, 2.05) is 0 Å². The summed E-state index contributed by atoms with van der Waals surface area (Å²) in [5.41, 5.74) is 1.93. The van der Waals surface area contributed by atoms with Crippen LogP contribution < -0.4 is 30.6 Å². The first-order chi connectivity index (χ1) is 41.9. The fraction of sp³-hybridized carbons (Fsp3) is 0.682. The van der Waals surface area contributed by atoms with E-state index >= 15 is 0 Å². The number of carboxylic acids is 6. The predicted molar refractivity (Wildman–Crippen MR) is 328 cm³/mol. The molecule has 3 unspecified atom stereocenters. The molecule has 3 aromatic heterocycles. The Hall–Kier alpha value is -5.76. The van der Waals surface area contributed by atoms with Gasteiger partial charge in [0.05, 0.1) is 109 Å². The Morgan fingerprint density at radius 2 is 0.511 bits per heavy atom. The number of nitrogens with zero attached hydrogens (tertiary/aromatic N) is 3. The number of unbranched alkanes of at least 4 members (excludes halogenated alkanes) is 33. The summed E-state index contributed by atoms with van der Waals surface area (Å²) < 4.78 is 0. The van der Waals surface area contributed by atoms with Crippen molar-refractivity contribution in [1.82, 2.24) is 29.9 Å². The molecule has 6 N–H and O–H groups in total. The van der Waals surface area contributed by atoms with Crippen molar-refractivity contribution in [2.24, 2.45) is 0 Å². The minimum atomic E-state index is -1.34. The van der Waals surface area contributed by atoms with Gasteiger partial charge in [0, 0.05) is 21.1 Å². The molecule has 0 spiro atoms. The van der Waals surface area contributed by atoms with Crippen molar-refractivity contribution >= 4 is 54.0 Å². The van der Waals surface area contributed by atoms with Crippen LogP contribution in [-0.4, -0.2) is 99.4 Å². The Morgan fingerprint density at radius 1 is 0.341 bits per heavy atom. The van der Waals surface area contributed by atoms with E-state index in [0.717, 1.165) is 76.0 Å². The number of hydrogen-bond donors (Lipinski definition) is 6. The number of aromatic nitrogens is 6. The standard InChI is InChI=1S/3C16H32O3.3C6H6N2O2.Mo/c3*1-2-3-4-5-6-7-8-9-10-11-12-13-14-15(17)16(18)19;3*9-6(10)2-1-5-3-7-4-8-5;/h3*15,17H,2-14H2,1H3,(H,18,19);3*1-4H,(H,7,8)(H,9,10);/p-6. The Kier molecular flexibility index (Phi) is 69.2. The molecule has 0 aliphatic heterocycles. The van der Waals surface area contributed by atoms with Crippen molar-refractivity contribution in [1.29, 1.82) is 0 Å². The van der Waals surface area contributed by atoms with Gasteiger partial charge in [-0.3, -0.25) is 0 Å². The van der Waals surface area contributed by atoms with Gasteiger partial charge in [-0.05, 0) is 55.7 Å². The number of carbonyl (C=O) groups excluding carboxylic acids is 6. The summed E-state index contributed by atoms with van der Waals surface area (Å²) in [5, 5.41) is 87.5. The largest absolute Gasteiger partial charge is 0.547 e. The monoisotopic (exact) mass is 1320 g/mol. The second-order valence-electron chi connectivity index (χ2n) is 21.5. The minimum Gasteiger partial charge on any atom is -0.547 e. The second-order valence-corrected chi connectivity index (χ2v) is 21.5. The zero-order valence-electron chi connectivity index (χ0n) is 53.2. The van der Waals surface area contributed by atoms with Crippen LogP contribution in [0.15, 0.2) is 55.8 Å². The molecule has 0 saturated heterocycles. The van der Waals surface area contributed by atoms with Gasteiger partial charge in [-0.2, -0.15) is 0 Å². The number of rotatable bonds is 48. The number of carbonyl (C=O) groups is 6. The van der Waals surface area contributed by atoms with Crippen LogP contribution in [0.2, 0.25) is 0 Å². The van der Waals surface area contributed by atoms with Gasteiger partial charge in [0.25, 0.3) is 0 Å². The first-order valence-electron chi connectivity index (χ1n) is 32.2. The van der Waals surface area contributed by atoms with Gasteiger partial charge in [-0.1, -0.05) is 252 Å². The fourth-order valence-electron chi connectivity index (χ4n) is 8.44. The molecule has 22 heteroatoms. The zero-order chi connectivity index (χ0) is 65.2. The summed E-state index contributed by atoms with van der Waals surface area (Å²) in [6.07, 6.45) is 58.0. The van der Waals surface area contributed by atoms with Crippen LogP contribution in [0.4, 0.5) is 0 Å². The molecule has 0 amide bonds. The average Bonchev–Trinajstić information content (AvgIpc) is 4.38.